The second kappa shape index (κ2) is 11.1. The fourth-order valence-corrected chi connectivity index (χ4v) is 7.16. The Morgan fingerprint density at radius 2 is 1.57 bits per heavy atom. The summed E-state index contributed by atoms with van der Waals surface area (Å²) in [5, 5.41) is 22.4. The van der Waals surface area contributed by atoms with Crippen LogP contribution in [0, 0.1) is 16.7 Å². The zero-order valence-electron chi connectivity index (χ0n) is 26.8. The van der Waals surface area contributed by atoms with Gasteiger partial charge in [-0.05, 0) is 48.4 Å². The molecule has 1 aliphatic carbocycles. The maximum Gasteiger partial charge on any atom is 0.324 e. The number of nitrogens with zero attached hydrogens (tertiary/aromatic N) is 3. The smallest absolute Gasteiger partial charge is 0.324 e. The minimum atomic E-state index is -0.969. The number of carboxylic acids is 1. The van der Waals surface area contributed by atoms with E-state index >= 15 is 0 Å². The number of carbonyl (C=O) groups excluding carboxylic acids is 3. The molecular weight excluding hydrogens is 582 g/mol. The van der Waals surface area contributed by atoms with E-state index < -0.39 is 28.7 Å². The summed E-state index contributed by atoms with van der Waals surface area (Å²) in [6.45, 7) is 9.71. The molecule has 0 spiro atoms. The fourth-order valence-electron chi connectivity index (χ4n) is 7.16. The second-order valence-corrected chi connectivity index (χ2v) is 14.3. The van der Waals surface area contributed by atoms with Gasteiger partial charge < -0.3 is 10.4 Å². The number of likely N-dealkylation sites (tertiary alicyclic amines) is 1. The second-order valence-electron chi connectivity index (χ2n) is 14.3. The fraction of sp³-hybridized carbons (Fsp3) is 0.361. The number of benzene rings is 3. The van der Waals surface area contributed by atoms with Crippen LogP contribution >= 0.6 is 0 Å². The first-order valence-electron chi connectivity index (χ1n) is 15.5. The molecule has 4 aromatic rings. The standard InChI is InChI=1S/C36H39N5O5/c1-34(2,3)28-17-29(38-33(46)37-27-15-9-12-23-11-6-7-14-26(23)27)41(39-28)25-13-8-10-22(16-25)20-40-31(44)35(4)18-24(30(42)43)19-36(5,21-35)32(40)45/h6-17,24H,18-21H2,1-5H3,(H,42,43)(H2,37,38,46). The van der Waals surface area contributed by atoms with E-state index in [1.165, 1.54) is 4.90 Å². The number of piperidine rings is 1. The number of anilines is 2. The van der Waals surface area contributed by atoms with Crippen molar-refractivity contribution in [1.29, 1.82) is 0 Å². The molecule has 3 N–H and O–H groups in total. The largest absolute Gasteiger partial charge is 0.481 e. The van der Waals surface area contributed by atoms with Gasteiger partial charge in [0, 0.05) is 27.7 Å². The lowest BCUT2D eigenvalue weighted by atomic mass is 9.56. The minimum Gasteiger partial charge on any atom is -0.481 e. The van der Waals surface area contributed by atoms with E-state index in [1.807, 2.05) is 93.6 Å². The predicted molar refractivity (Wildman–Crippen MR) is 176 cm³/mol. The number of imide groups is 1. The van der Waals surface area contributed by atoms with Crippen molar-refractivity contribution >= 4 is 46.1 Å². The number of aliphatic carboxylic acids is 1. The number of urea groups is 1. The van der Waals surface area contributed by atoms with Crippen molar-refractivity contribution in [3.05, 3.63) is 84.1 Å². The first-order valence-corrected chi connectivity index (χ1v) is 15.5. The van der Waals surface area contributed by atoms with Gasteiger partial charge in [0.25, 0.3) is 0 Å². The Kier molecular flexibility index (Phi) is 7.49. The van der Waals surface area contributed by atoms with E-state index in [4.69, 9.17) is 5.10 Å². The molecule has 1 aromatic heterocycles. The molecule has 2 unspecified atom stereocenters. The summed E-state index contributed by atoms with van der Waals surface area (Å²) in [5.74, 6) is -1.93. The van der Waals surface area contributed by atoms with Gasteiger partial charge in [-0.1, -0.05) is 83.1 Å². The highest BCUT2D eigenvalue weighted by Crippen LogP contribution is 2.54. The summed E-state index contributed by atoms with van der Waals surface area (Å²) in [7, 11) is 0. The van der Waals surface area contributed by atoms with Crippen molar-refractivity contribution in [2.45, 2.75) is 65.8 Å². The highest BCUT2D eigenvalue weighted by atomic mass is 16.4. The summed E-state index contributed by atoms with van der Waals surface area (Å²) in [4.78, 5) is 53.9. The van der Waals surface area contributed by atoms with Crippen LogP contribution in [0.4, 0.5) is 16.3 Å². The number of nitrogens with one attached hydrogen (secondary N) is 2. The molecule has 10 heteroatoms. The first kappa shape index (κ1) is 31.0. The molecule has 238 valence electrons. The van der Waals surface area contributed by atoms with Crippen molar-refractivity contribution in [1.82, 2.24) is 14.7 Å². The van der Waals surface area contributed by atoms with Gasteiger partial charge in [0.15, 0.2) is 0 Å². The van der Waals surface area contributed by atoms with Crippen molar-refractivity contribution in [3.63, 3.8) is 0 Å². The minimum absolute atomic E-state index is 0.0478. The normalized spacial score (nSPS) is 23.0. The van der Waals surface area contributed by atoms with E-state index in [9.17, 15) is 24.3 Å². The summed E-state index contributed by atoms with van der Waals surface area (Å²) < 4.78 is 1.65. The number of carboxylic acid groups (broad SMARTS) is 1. The zero-order valence-corrected chi connectivity index (χ0v) is 26.8. The topological polar surface area (TPSA) is 134 Å². The molecule has 6 rings (SSSR count). The van der Waals surface area contributed by atoms with Crippen molar-refractivity contribution in [2.24, 2.45) is 16.7 Å². The number of hydrogen-bond donors (Lipinski definition) is 3. The number of fused-ring (bicyclic) bond motifs is 3. The van der Waals surface area contributed by atoms with Crippen molar-refractivity contribution in [2.75, 3.05) is 10.6 Å². The van der Waals surface area contributed by atoms with Crippen molar-refractivity contribution in [3.8, 4) is 5.69 Å². The van der Waals surface area contributed by atoms with Gasteiger partial charge in [-0.25, -0.2) is 9.48 Å². The third-order valence-corrected chi connectivity index (χ3v) is 9.30. The van der Waals surface area contributed by atoms with Crippen LogP contribution in [-0.2, 0) is 26.3 Å². The molecule has 2 fully saturated rings. The lowest BCUT2D eigenvalue weighted by molar-refractivity contribution is -0.177. The number of carbonyl (C=O) groups is 4. The quantitative estimate of drug-likeness (QED) is 0.204. The van der Waals surface area contributed by atoms with Gasteiger partial charge >= 0.3 is 12.0 Å². The molecule has 46 heavy (non-hydrogen) atoms. The summed E-state index contributed by atoms with van der Waals surface area (Å²) >= 11 is 0. The summed E-state index contributed by atoms with van der Waals surface area (Å²) in [6.07, 6.45) is 0.759. The molecule has 1 aliphatic heterocycles. The van der Waals surface area contributed by atoms with Crippen LogP contribution in [-0.4, -0.2) is 43.6 Å². The van der Waals surface area contributed by atoms with E-state index in [-0.39, 0.29) is 36.6 Å². The Morgan fingerprint density at radius 1 is 0.913 bits per heavy atom. The lowest BCUT2D eigenvalue weighted by Gasteiger charge is -2.52. The third-order valence-electron chi connectivity index (χ3n) is 9.30. The summed E-state index contributed by atoms with van der Waals surface area (Å²) in [5.41, 5.74) is 0.626. The van der Waals surface area contributed by atoms with Gasteiger partial charge in [0.2, 0.25) is 11.8 Å². The van der Waals surface area contributed by atoms with E-state index in [2.05, 4.69) is 10.6 Å². The number of amides is 4. The molecule has 10 nitrogen and oxygen atoms in total. The maximum atomic E-state index is 13.7. The zero-order chi connectivity index (χ0) is 33.0. The average Bonchev–Trinajstić information content (AvgIpc) is 3.43. The Hall–Kier alpha value is -4.99. The highest BCUT2D eigenvalue weighted by Gasteiger charge is 2.59. The van der Waals surface area contributed by atoms with Gasteiger partial charge in [0.1, 0.15) is 5.82 Å². The summed E-state index contributed by atoms with van der Waals surface area (Å²) in [6, 6.07) is 22.3. The Bertz CT molecular complexity index is 1860. The molecule has 2 atom stereocenters. The molecule has 3 aromatic carbocycles. The number of aromatic nitrogens is 2. The Morgan fingerprint density at radius 3 is 2.24 bits per heavy atom. The number of rotatable bonds is 6. The van der Waals surface area contributed by atoms with Crippen LogP contribution in [0.25, 0.3) is 16.5 Å². The van der Waals surface area contributed by atoms with E-state index in [0.29, 0.717) is 29.2 Å². The average molecular weight is 622 g/mol. The third kappa shape index (κ3) is 5.63. The van der Waals surface area contributed by atoms with Crippen LogP contribution in [0.3, 0.4) is 0 Å². The van der Waals surface area contributed by atoms with Crippen LogP contribution in [0.5, 0.6) is 0 Å². The first-order chi connectivity index (χ1) is 21.7. The molecule has 1 saturated heterocycles. The monoisotopic (exact) mass is 621 g/mol. The molecular formula is C36H39N5O5. The highest BCUT2D eigenvalue weighted by molar-refractivity contribution is 6.06. The van der Waals surface area contributed by atoms with Crippen LogP contribution < -0.4 is 10.6 Å². The molecule has 4 amide bonds. The molecule has 2 bridgehead atoms. The van der Waals surface area contributed by atoms with Gasteiger partial charge in [0.05, 0.1) is 29.5 Å². The SMILES string of the molecule is CC12CC(C(=O)O)CC(C)(C1)C(=O)N(Cc1cccc(-n3nc(C(C)(C)C)cc3NC(=O)Nc3cccc4ccccc34)c1)C2=O. The van der Waals surface area contributed by atoms with E-state index in [1.54, 1.807) is 18.5 Å². The number of hydrogen-bond acceptors (Lipinski definition) is 5. The molecule has 0 radical (unpaired) electrons. The van der Waals surface area contributed by atoms with Crippen molar-refractivity contribution < 1.29 is 24.3 Å². The van der Waals surface area contributed by atoms with Gasteiger partial charge in [-0.2, -0.15) is 5.10 Å². The van der Waals surface area contributed by atoms with Gasteiger partial charge in [-0.15, -0.1) is 0 Å². The lowest BCUT2D eigenvalue weighted by Crippen LogP contribution is -2.61. The van der Waals surface area contributed by atoms with Gasteiger partial charge in [-0.3, -0.25) is 24.6 Å². The Labute approximate surface area is 267 Å². The molecule has 1 saturated carbocycles. The molecule has 2 aliphatic rings. The van der Waals surface area contributed by atoms with E-state index in [0.717, 1.165) is 16.5 Å². The van der Waals surface area contributed by atoms with Crippen LogP contribution in [0.15, 0.2) is 72.8 Å². The maximum absolute atomic E-state index is 13.7. The van der Waals surface area contributed by atoms with Crippen LogP contribution in [0.1, 0.15) is 65.1 Å². The predicted octanol–water partition coefficient (Wildman–Crippen LogP) is 6.73. The molecule has 2 heterocycles. The Balaban J connectivity index is 1.28. The van der Waals surface area contributed by atoms with Crippen LogP contribution in [0.2, 0.25) is 0 Å².